The van der Waals surface area contributed by atoms with Gasteiger partial charge in [-0.05, 0) is 24.3 Å². The number of amides is 1. The topological polar surface area (TPSA) is 63.7 Å². The molecule has 0 bridgehead atoms. The van der Waals surface area contributed by atoms with Crippen molar-refractivity contribution in [3.63, 3.8) is 0 Å². The first-order valence-corrected chi connectivity index (χ1v) is 7.50. The number of rotatable bonds is 4. The highest BCUT2D eigenvalue weighted by Gasteiger charge is 2.19. The van der Waals surface area contributed by atoms with E-state index >= 15 is 0 Å². The summed E-state index contributed by atoms with van der Waals surface area (Å²) in [7, 11) is 1.63. The lowest BCUT2D eigenvalue weighted by molar-refractivity contribution is 0.0299. The number of hydrogen-bond acceptors (Lipinski definition) is 5. The molecule has 1 aliphatic rings. The van der Waals surface area contributed by atoms with E-state index in [2.05, 4.69) is 10.3 Å². The van der Waals surface area contributed by atoms with Crippen LogP contribution >= 0.6 is 0 Å². The quantitative estimate of drug-likeness (QED) is 0.938. The van der Waals surface area contributed by atoms with Crippen LogP contribution in [0.25, 0.3) is 0 Å². The Morgan fingerprint density at radius 1 is 1.22 bits per heavy atom. The second-order valence-corrected chi connectivity index (χ2v) is 5.19. The van der Waals surface area contributed by atoms with Crippen LogP contribution < -0.4 is 10.1 Å². The van der Waals surface area contributed by atoms with E-state index in [9.17, 15) is 4.79 Å². The first-order valence-electron chi connectivity index (χ1n) is 7.50. The molecule has 120 valence electrons. The molecule has 1 fully saturated rings. The maximum absolute atomic E-state index is 12.5. The van der Waals surface area contributed by atoms with Gasteiger partial charge in [-0.1, -0.05) is 6.07 Å². The molecule has 1 aromatic carbocycles. The third-order valence-electron chi connectivity index (χ3n) is 3.64. The zero-order valence-corrected chi connectivity index (χ0v) is 13.0. The fourth-order valence-electron chi connectivity index (χ4n) is 2.42. The van der Waals surface area contributed by atoms with Crippen molar-refractivity contribution in [3.05, 3.63) is 48.3 Å². The SMILES string of the molecule is COc1cccc(Nc2ccnc(C(=O)N3CCOCC3)c2)c1. The van der Waals surface area contributed by atoms with Crippen molar-refractivity contribution in [2.24, 2.45) is 0 Å². The second-order valence-electron chi connectivity index (χ2n) is 5.19. The summed E-state index contributed by atoms with van der Waals surface area (Å²) in [4.78, 5) is 18.4. The Morgan fingerprint density at radius 2 is 2.00 bits per heavy atom. The molecular formula is C17H19N3O3. The van der Waals surface area contributed by atoms with Crippen molar-refractivity contribution >= 4 is 17.3 Å². The molecule has 6 nitrogen and oxygen atoms in total. The number of benzene rings is 1. The number of anilines is 2. The molecule has 23 heavy (non-hydrogen) atoms. The summed E-state index contributed by atoms with van der Waals surface area (Å²) in [6.45, 7) is 2.36. The van der Waals surface area contributed by atoms with Crippen LogP contribution in [0, 0.1) is 0 Å². The monoisotopic (exact) mass is 313 g/mol. The number of hydrogen-bond donors (Lipinski definition) is 1. The van der Waals surface area contributed by atoms with Crippen LogP contribution in [0.15, 0.2) is 42.6 Å². The van der Waals surface area contributed by atoms with Crippen LogP contribution in [-0.2, 0) is 4.74 Å². The number of carbonyl (C=O) groups excluding carboxylic acids is 1. The smallest absolute Gasteiger partial charge is 0.272 e. The molecule has 3 rings (SSSR count). The minimum atomic E-state index is -0.0670. The van der Waals surface area contributed by atoms with Gasteiger partial charge in [0.15, 0.2) is 0 Å². The minimum absolute atomic E-state index is 0.0670. The van der Waals surface area contributed by atoms with Gasteiger partial charge in [0.2, 0.25) is 0 Å². The highest BCUT2D eigenvalue weighted by molar-refractivity contribution is 5.93. The summed E-state index contributed by atoms with van der Waals surface area (Å²) < 4.78 is 10.5. The summed E-state index contributed by atoms with van der Waals surface area (Å²) in [5, 5.41) is 3.26. The Labute approximate surface area is 135 Å². The third kappa shape index (κ3) is 3.78. The van der Waals surface area contributed by atoms with Gasteiger partial charge in [-0.25, -0.2) is 0 Å². The Balaban J connectivity index is 1.75. The number of methoxy groups -OCH3 is 1. The standard InChI is InChI=1S/C17H19N3O3/c1-22-15-4-2-3-13(11-15)19-14-5-6-18-16(12-14)17(21)20-7-9-23-10-8-20/h2-6,11-12H,7-10H2,1H3,(H,18,19). The maximum Gasteiger partial charge on any atom is 0.272 e. The molecule has 0 radical (unpaired) electrons. The molecule has 1 aliphatic heterocycles. The lowest BCUT2D eigenvalue weighted by Crippen LogP contribution is -2.41. The molecule has 2 heterocycles. The molecule has 0 atom stereocenters. The fraction of sp³-hybridized carbons (Fsp3) is 0.294. The van der Waals surface area contributed by atoms with Crippen molar-refractivity contribution < 1.29 is 14.3 Å². The van der Waals surface area contributed by atoms with E-state index in [0.717, 1.165) is 17.1 Å². The van der Waals surface area contributed by atoms with Gasteiger partial charge in [-0.15, -0.1) is 0 Å². The van der Waals surface area contributed by atoms with Gasteiger partial charge in [-0.2, -0.15) is 0 Å². The average molecular weight is 313 g/mol. The van der Waals surface area contributed by atoms with Crippen molar-refractivity contribution in [1.82, 2.24) is 9.88 Å². The molecular weight excluding hydrogens is 294 g/mol. The summed E-state index contributed by atoms with van der Waals surface area (Å²) in [5.41, 5.74) is 2.13. The average Bonchev–Trinajstić information content (AvgIpc) is 2.62. The number of carbonyl (C=O) groups is 1. The third-order valence-corrected chi connectivity index (χ3v) is 3.64. The van der Waals surface area contributed by atoms with Crippen molar-refractivity contribution in [3.8, 4) is 5.75 Å². The van der Waals surface area contributed by atoms with Crippen LogP contribution in [0.5, 0.6) is 5.75 Å². The van der Waals surface area contributed by atoms with E-state index in [1.54, 1.807) is 24.3 Å². The lowest BCUT2D eigenvalue weighted by atomic mass is 10.2. The Morgan fingerprint density at radius 3 is 2.78 bits per heavy atom. The van der Waals surface area contributed by atoms with E-state index < -0.39 is 0 Å². The number of nitrogens with zero attached hydrogens (tertiary/aromatic N) is 2. The molecule has 1 N–H and O–H groups in total. The van der Waals surface area contributed by atoms with E-state index in [4.69, 9.17) is 9.47 Å². The molecule has 1 amide bonds. The number of ether oxygens (including phenoxy) is 2. The van der Waals surface area contributed by atoms with Gasteiger partial charge in [0.1, 0.15) is 11.4 Å². The number of pyridine rings is 1. The van der Waals surface area contributed by atoms with E-state index in [-0.39, 0.29) is 5.91 Å². The predicted molar refractivity (Wildman–Crippen MR) is 87.2 cm³/mol. The highest BCUT2D eigenvalue weighted by Crippen LogP contribution is 2.21. The molecule has 0 saturated carbocycles. The number of morpholine rings is 1. The van der Waals surface area contributed by atoms with Crippen LogP contribution in [0.1, 0.15) is 10.5 Å². The molecule has 6 heteroatoms. The Hall–Kier alpha value is -2.60. The van der Waals surface area contributed by atoms with Crippen LogP contribution in [-0.4, -0.2) is 49.2 Å². The second kappa shape index (κ2) is 7.11. The zero-order chi connectivity index (χ0) is 16.1. The van der Waals surface area contributed by atoms with E-state index in [1.807, 2.05) is 30.3 Å². The molecule has 0 aliphatic carbocycles. The summed E-state index contributed by atoms with van der Waals surface area (Å²) in [6.07, 6.45) is 1.64. The van der Waals surface area contributed by atoms with Gasteiger partial charge >= 0.3 is 0 Å². The van der Waals surface area contributed by atoms with Gasteiger partial charge in [-0.3, -0.25) is 9.78 Å². The fourth-order valence-corrected chi connectivity index (χ4v) is 2.42. The first kappa shape index (κ1) is 15.3. The predicted octanol–water partition coefficient (Wildman–Crippen LogP) is 2.31. The van der Waals surface area contributed by atoms with Gasteiger partial charge < -0.3 is 19.7 Å². The Kier molecular flexibility index (Phi) is 4.73. The lowest BCUT2D eigenvalue weighted by Gasteiger charge is -2.26. The van der Waals surface area contributed by atoms with Crippen molar-refractivity contribution in [1.29, 1.82) is 0 Å². The summed E-state index contributed by atoms with van der Waals surface area (Å²) in [5.74, 6) is 0.705. The normalized spacial score (nSPS) is 14.4. The maximum atomic E-state index is 12.5. The molecule has 0 unspecified atom stereocenters. The van der Waals surface area contributed by atoms with Crippen molar-refractivity contribution in [2.45, 2.75) is 0 Å². The summed E-state index contributed by atoms with van der Waals surface area (Å²) in [6, 6.07) is 11.2. The van der Waals surface area contributed by atoms with E-state index in [0.29, 0.717) is 32.0 Å². The summed E-state index contributed by atoms with van der Waals surface area (Å²) >= 11 is 0. The zero-order valence-electron chi connectivity index (χ0n) is 13.0. The van der Waals surface area contributed by atoms with Gasteiger partial charge in [0.05, 0.1) is 20.3 Å². The molecule has 1 aromatic heterocycles. The molecule has 0 spiro atoms. The van der Waals surface area contributed by atoms with Crippen LogP contribution in [0.2, 0.25) is 0 Å². The highest BCUT2D eigenvalue weighted by atomic mass is 16.5. The molecule has 1 saturated heterocycles. The molecule has 2 aromatic rings. The van der Waals surface area contributed by atoms with Gasteiger partial charge in [0.25, 0.3) is 5.91 Å². The Bertz CT molecular complexity index is 684. The number of nitrogens with one attached hydrogen (secondary N) is 1. The van der Waals surface area contributed by atoms with Crippen LogP contribution in [0.3, 0.4) is 0 Å². The van der Waals surface area contributed by atoms with Crippen molar-refractivity contribution in [2.75, 3.05) is 38.7 Å². The van der Waals surface area contributed by atoms with Gasteiger partial charge in [0, 0.05) is 36.7 Å². The largest absolute Gasteiger partial charge is 0.497 e. The number of aromatic nitrogens is 1. The first-order chi connectivity index (χ1) is 11.3. The minimum Gasteiger partial charge on any atom is -0.497 e. The van der Waals surface area contributed by atoms with Crippen LogP contribution in [0.4, 0.5) is 11.4 Å². The van der Waals surface area contributed by atoms with E-state index in [1.165, 1.54) is 0 Å².